The van der Waals surface area contributed by atoms with E-state index in [4.69, 9.17) is 15.2 Å². The molecule has 1 aliphatic heterocycles. The average molecular weight is 286 g/mol. The van der Waals surface area contributed by atoms with Crippen LogP contribution in [-0.2, 0) is 4.74 Å². The Hall–Kier alpha value is -1.81. The van der Waals surface area contributed by atoms with Gasteiger partial charge in [-0.2, -0.15) is 0 Å². The Labute approximate surface area is 125 Å². The maximum Gasteiger partial charge on any atom is 0.146 e. The van der Waals surface area contributed by atoms with E-state index < -0.39 is 0 Å². The summed E-state index contributed by atoms with van der Waals surface area (Å²) in [5, 5.41) is 0.922. The fourth-order valence-corrected chi connectivity index (χ4v) is 3.11. The van der Waals surface area contributed by atoms with Crippen LogP contribution in [0.25, 0.3) is 10.9 Å². The molecule has 112 valence electrons. The van der Waals surface area contributed by atoms with Gasteiger partial charge in [-0.1, -0.05) is 0 Å². The molecule has 21 heavy (non-hydrogen) atoms. The summed E-state index contributed by atoms with van der Waals surface area (Å²) < 4.78 is 12.3. The number of aromatic nitrogens is 1. The number of nitrogen functional groups attached to an aromatic ring is 1. The molecular formula is C17H22N2O2. The maximum absolute atomic E-state index is 6.25. The molecule has 0 spiro atoms. The van der Waals surface area contributed by atoms with Crippen molar-refractivity contribution in [1.82, 2.24) is 4.98 Å². The lowest BCUT2D eigenvalue weighted by Gasteiger charge is -2.27. The normalized spacial score (nSPS) is 23.3. The van der Waals surface area contributed by atoms with Crippen LogP contribution in [0, 0.1) is 0 Å². The second-order valence-electron chi connectivity index (χ2n) is 6.83. The van der Waals surface area contributed by atoms with Crippen LogP contribution in [0.1, 0.15) is 34.1 Å². The minimum atomic E-state index is -0.327. The molecule has 0 saturated carbocycles. The smallest absolute Gasteiger partial charge is 0.146 e. The van der Waals surface area contributed by atoms with Crippen molar-refractivity contribution in [2.75, 3.05) is 5.73 Å². The van der Waals surface area contributed by atoms with Crippen LogP contribution in [0.3, 0.4) is 0 Å². The topological polar surface area (TPSA) is 57.4 Å². The van der Waals surface area contributed by atoms with Crippen LogP contribution in [0.15, 0.2) is 30.5 Å². The number of hydrogen-bond acceptors (Lipinski definition) is 4. The third-order valence-corrected chi connectivity index (χ3v) is 4.03. The summed E-state index contributed by atoms with van der Waals surface area (Å²) in [5.74, 6) is 0.763. The highest BCUT2D eigenvalue weighted by atomic mass is 16.6. The van der Waals surface area contributed by atoms with Gasteiger partial charge in [0.25, 0.3) is 0 Å². The molecule has 1 aromatic carbocycles. The molecule has 1 saturated heterocycles. The van der Waals surface area contributed by atoms with Gasteiger partial charge in [0.2, 0.25) is 0 Å². The Morgan fingerprint density at radius 3 is 2.67 bits per heavy atom. The van der Waals surface area contributed by atoms with Crippen LogP contribution in [0.5, 0.6) is 5.75 Å². The molecule has 2 aromatic rings. The zero-order valence-corrected chi connectivity index (χ0v) is 13.0. The van der Waals surface area contributed by atoms with Gasteiger partial charge in [-0.15, -0.1) is 0 Å². The first-order valence-corrected chi connectivity index (χ1v) is 7.29. The number of ether oxygens (including phenoxy) is 2. The quantitative estimate of drug-likeness (QED) is 0.858. The molecule has 2 N–H and O–H groups in total. The fraction of sp³-hybridized carbons (Fsp3) is 0.471. The predicted molar refractivity (Wildman–Crippen MR) is 84.4 cm³/mol. The van der Waals surface area contributed by atoms with Crippen LogP contribution in [0.4, 0.5) is 5.69 Å². The highest BCUT2D eigenvalue weighted by Crippen LogP contribution is 2.40. The molecule has 3 rings (SSSR count). The van der Waals surface area contributed by atoms with E-state index in [9.17, 15) is 0 Å². The maximum atomic E-state index is 6.25. The van der Waals surface area contributed by atoms with Crippen LogP contribution >= 0.6 is 0 Å². The van der Waals surface area contributed by atoms with E-state index in [0.717, 1.165) is 23.1 Å². The molecule has 1 atom stereocenters. The van der Waals surface area contributed by atoms with E-state index in [1.165, 1.54) is 0 Å². The third kappa shape index (κ3) is 2.56. The van der Waals surface area contributed by atoms with Gasteiger partial charge in [-0.3, -0.25) is 4.98 Å². The molecular weight excluding hydrogens is 264 g/mol. The molecule has 0 bridgehead atoms. The number of nitrogens with zero attached hydrogens (tertiary/aromatic N) is 1. The SMILES string of the molecule is CC1(C)CC(Oc2ccc(N)c3cccnc23)C(C)(C)O1. The number of benzene rings is 1. The summed E-state index contributed by atoms with van der Waals surface area (Å²) in [6.45, 7) is 8.33. The van der Waals surface area contributed by atoms with Gasteiger partial charge in [-0.25, -0.2) is 0 Å². The number of hydrogen-bond donors (Lipinski definition) is 1. The minimum absolute atomic E-state index is 0.0127. The van der Waals surface area contributed by atoms with Crippen molar-refractivity contribution in [3.05, 3.63) is 30.5 Å². The number of anilines is 1. The molecule has 0 amide bonds. The minimum Gasteiger partial charge on any atom is -0.485 e. The highest BCUT2D eigenvalue weighted by Gasteiger charge is 2.47. The summed E-state index contributed by atoms with van der Waals surface area (Å²) in [7, 11) is 0. The van der Waals surface area contributed by atoms with Crippen molar-refractivity contribution in [3.63, 3.8) is 0 Å². The Bertz CT molecular complexity index is 680. The van der Waals surface area contributed by atoms with E-state index in [1.807, 2.05) is 24.3 Å². The molecule has 1 fully saturated rings. The monoisotopic (exact) mass is 286 g/mol. The Kier molecular flexibility index (Phi) is 3.10. The van der Waals surface area contributed by atoms with Crippen LogP contribution < -0.4 is 10.5 Å². The van der Waals surface area contributed by atoms with Crippen molar-refractivity contribution in [1.29, 1.82) is 0 Å². The first-order valence-electron chi connectivity index (χ1n) is 7.29. The van der Waals surface area contributed by atoms with Gasteiger partial charge in [-0.05, 0) is 52.0 Å². The molecule has 1 aromatic heterocycles. The lowest BCUT2D eigenvalue weighted by molar-refractivity contribution is -0.0844. The molecule has 4 heteroatoms. The van der Waals surface area contributed by atoms with E-state index in [-0.39, 0.29) is 17.3 Å². The zero-order chi connectivity index (χ0) is 15.3. The van der Waals surface area contributed by atoms with Gasteiger partial charge in [0.15, 0.2) is 0 Å². The van der Waals surface area contributed by atoms with E-state index in [2.05, 4.69) is 32.7 Å². The van der Waals surface area contributed by atoms with Gasteiger partial charge in [0, 0.05) is 23.7 Å². The molecule has 0 radical (unpaired) electrons. The average Bonchev–Trinajstić information content (AvgIpc) is 2.61. The second kappa shape index (κ2) is 4.60. The number of rotatable bonds is 2. The van der Waals surface area contributed by atoms with Gasteiger partial charge < -0.3 is 15.2 Å². The van der Waals surface area contributed by atoms with Crippen LogP contribution in [-0.4, -0.2) is 22.3 Å². The molecule has 4 nitrogen and oxygen atoms in total. The van der Waals surface area contributed by atoms with Crippen molar-refractivity contribution >= 4 is 16.6 Å². The number of pyridine rings is 1. The molecule has 0 aliphatic carbocycles. The van der Waals surface area contributed by atoms with Gasteiger partial charge in [0.05, 0.1) is 5.60 Å². The van der Waals surface area contributed by atoms with Crippen LogP contribution in [0.2, 0.25) is 0 Å². The van der Waals surface area contributed by atoms with E-state index in [1.54, 1.807) is 6.20 Å². The largest absolute Gasteiger partial charge is 0.485 e. The zero-order valence-electron chi connectivity index (χ0n) is 13.0. The van der Waals surface area contributed by atoms with Gasteiger partial charge >= 0.3 is 0 Å². The van der Waals surface area contributed by atoms with E-state index in [0.29, 0.717) is 5.69 Å². The molecule has 2 heterocycles. The number of nitrogens with two attached hydrogens (primary N) is 1. The van der Waals surface area contributed by atoms with E-state index >= 15 is 0 Å². The first kappa shape index (κ1) is 14.1. The predicted octanol–water partition coefficient (Wildman–Crippen LogP) is 3.54. The van der Waals surface area contributed by atoms with Crippen molar-refractivity contribution < 1.29 is 9.47 Å². The lowest BCUT2D eigenvalue weighted by atomic mass is 9.97. The van der Waals surface area contributed by atoms with Crippen molar-refractivity contribution in [2.45, 2.75) is 51.4 Å². The molecule has 1 unspecified atom stereocenters. The Morgan fingerprint density at radius 2 is 2.00 bits per heavy atom. The highest BCUT2D eigenvalue weighted by molar-refractivity contribution is 5.94. The molecule has 1 aliphatic rings. The Balaban J connectivity index is 1.98. The second-order valence-corrected chi connectivity index (χ2v) is 6.83. The lowest BCUT2D eigenvalue weighted by Crippen LogP contribution is -2.36. The summed E-state index contributed by atoms with van der Waals surface area (Å²) in [4.78, 5) is 4.42. The van der Waals surface area contributed by atoms with Gasteiger partial charge in [0.1, 0.15) is 23.0 Å². The first-order chi connectivity index (χ1) is 9.78. The Morgan fingerprint density at radius 1 is 1.24 bits per heavy atom. The van der Waals surface area contributed by atoms with Crippen molar-refractivity contribution in [2.24, 2.45) is 0 Å². The summed E-state index contributed by atoms with van der Waals surface area (Å²) in [5.41, 5.74) is 7.03. The summed E-state index contributed by atoms with van der Waals surface area (Å²) in [6.07, 6.45) is 2.59. The summed E-state index contributed by atoms with van der Waals surface area (Å²) in [6, 6.07) is 7.61. The fourth-order valence-electron chi connectivity index (χ4n) is 3.11. The summed E-state index contributed by atoms with van der Waals surface area (Å²) >= 11 is 0. The standard InChI is InChI=1S/C17H22N2O2/c1-16(2)10-14(17(3,4)21-16)20-13-8-7-12(18)11-6-5-9-19-15(11)13/h5-9,14H,10,18H2,1-4H3. The van der Waals surface area contributed by atoms with Crippen molar-refractivity contribution in [3.8, 4) is 5.75 Å². The number of fused-ring (bicyclic) bond motifs is 1. The third-order valence-electron chi connectivity index (χ3n) is 4.03.